The number of rotatable bonds is 5. The molecule has 1 atom stereocenters. The van der Waals surface area contributed by atoms with E-state index in [2.05, 4.69) is 10.3 Å². The summed E-state index contributed by atoms with van der Waals surface area (Å²) in [6, 6.07) is 11.3. The van der Waals surface area contributed by atoms with Crippen LogP contribution < -0.4 is 24.4 Å². The van der Waals surface area contributed by atoms with Crippen LogP contribution in [0, 0.1) is 12.8 Å². The van der Waals surface area contributed by atoms with Crippen LogP contribution in [0.2, 0.25) is 0 Å². The standard InChI is InChI=1S/C23H21N3O5S/c1-13-3-5-18(29-2)17(7-13)26-10-15(9-21(26)27)22(28)25-23-24-16(11-32-23)14-4-6-19-20(8-14)31-12-30-19/h3-8,11,15H,9-10,12H2,1-2H3,(H,24,25,28). The second-order valence-electron chi connectivity index (χ2n) is 7.68. The smallest absolute Gasteiger partial charge is 0.231 e. The first-order valence-corrected chi connectivity index (χ1v) is 11.0. The van der Waals surface area contributed by atoms with Gasteiger partial charge in [0, 0.05) is 23.9 Å². The number of benzene rings is 2. The number of hydrogen-bond donors (Lipinski definition) is 1. The lowest BCUT2D eigenvalue weighted by molar-refractivity contribution is -0.122. The van der Waals surface area contributed by atoms with Crippen molar-refractivity contribution in [3.05, 3.63) is 47.3 Å². The van der Waals surface area contributed by atoms with Gasteiger partial charge in [0.2, 0.25) is 18.6 Å². The van der Waals surface area contributed by atoms with Crippen LogP contribution in [0.4, 0.5) is 10.8 Å². The molecule has 1 aromatic heterocycles. The average Bonchev–Trinajstić information content (AvgIpc) is 3.52. The van der Waals surface area contributed by atoms with E-state index < -0.39 is 5.92 Å². The molecule has 0 bridgehead atoms. The van der Waals surface area contributed by atoms with Crippen LogP contribution in [0.1, 0.15) is 12.0 Å². The first kappa shape index (κ1) is 20.3. The van der Waals surface area contributed by atoms with Gasteiger partial charge < -0.3 is 24.4 Å². The number of carbonyl (C=O) groups is 2. The third-order valence-corrected chi connectivity index (χ3v) is 6.28. The maximum atomic E-state index is 12.9. The number of amides is 2. The van der Waals surface area contributed by atoms with Gasteiger partial charge in [0.15, 0.2) is 16.6 Å². The molecule has 0 aliphatic carbocycles. The van der Waals surface area contributed by atoms with E-state index in [1.807, 2.05) is 48.7 Å². The van der Waals surface area contributed by atoms with E-state index in [9.17, 15) is 9.59 Å². The fourth-order valence-electron chi connectivity index (χ4n) is 3.85. The third kappa shape index (κ3) is 3.75. The van der Waals surface area contributed by atoms with Gasteiger partial charge in [-0.1, -0.05) is 6.07 Å². The Kier molecular flexibility index (Phi) is 5.18. The largest absolute Gasteiger partial charge is 0.495 e. The van der Waals surface area contributed by atoms with Crippen LogP contribution in [0.15, 0.2) is 41.8 Å². The summed E-state index contributed by atoms with van der Waals surface area (Å²) < 4.78 is 16.2. The molecule has 0 spiro atoms. The van der Waals surface area contributed by atoms with Gasteiger partial charge >= 0.3 is 0 Å². The molecule has 3 aromatic rings. The summed E-state index contributed by atoms with van der Waals surface area (Å²) in [5.41, 5.74) is 3.31. The fraction of sp³-hybridized carbons (Fsp3) is 0.261. The van der Waals surface area contributed by atoms with Gasteiger partial charge in [-0.2, -0.15) is 0 Å². The molecule has 2 aliphatic rings. The van der Waals surface area contributed by atoms with Gasteiger partial charge in [-0.3, -0.25) is 9.59 Å². The number of aromatic nitrogens is 1. The molecule has 5 rings (SSSR count). The van der Waals surface area contributed by atoms with E-state index in [0.29, 0.717) is 34.6 Å². The number of ether oxygens (including phenoxy) is 3. The summed E-state index contributed by atoms with van der Waals surface area (Å²) in [7, 11) is 1.57. The molecular formula is C23H21N3O5S. The molecule has 1 saturated heterocycles. The molecule has 164 valence electrons. The maximum Gasteiger partial charge on any atom is 0.231 e. The van der Waals surface area contributed by atoms with Gasteiger partial charge in [0.1, 0.15) is 5.75 Å². The molecule has 9 heteroatoms. The predicted molar refractivity (Wildman–Crippen MR) is 120 cm³/mol. The Labute approximate surface area is 188 Å². The van der Waals surface area contributed by atoms with E-state index in [0.717, 1.165) is 16.8 Å². The lowest BCUT2D eigenvalue weighted by atomic mass is 10.1. The Morgan fingerprint density at radius 3 is 2.91 bits per heavy atom. The molecule has 8 nitrogen and oxygen atoms in total. The van der Waals surface area contributed by atoms with Crippen LogP contribution >= 0.6 is 11.3 Å². The number of carbonyl (C=O) groups excluding carboxylic acids is 2. The van der Waals surface area contributed by atoms with Crippen molar-refractivity contribution in [2.75, 3.05) is 30.7 Å². The fourth-order valence-corrected chi connectivity index (χ4v) is 4.58. The van der Waals surface area contributed by atoms with Crippen molar-refractivity contribution < 1.29 is 23.8 Å². The molecule has 1 fully saturated rings. The van der Waals surface area contributed by atoms with Crippen LogP contribution in [0.5, 0.6) is 17.2 Å². The second-order valence-corrected chi connectivity index (χ2v) is 8.53. The SMILES string of the molecule is COc1ccc(C)cc1N1CC(C(=O)Nc2nc(-c3ccc4c(c3)OCO4)cs2)CC1=O. The summed E-state index contributed by atoms with van der Waals surface area (Å²) in [5, 5.41) is 5.22. The normalized spacial score (nSPS) is 17.0. The Morgan fingerprint density at radius 1 is 1.22 bits per heavy atom. The van der Waals surface area contributed by atoms with Gasteiger partial charge in [0.05, 0.1) is 24.4 Å². The van der Waals surface area contributed by atoms with Crippen LogP contribution in [0.3, 0.4) is 0 Å². The van der Waals surface area contributed by atoms with Crippen molar-refractivity contribution >= 4 is 34.0 Å². The molecule has 3 heterocycles. The molecular weight excluding hydrogens is 430 g/mol. The Balaban J connectivity index is 1.28. The number of nitrogens with one attached hydrogen (secondary N) is 1. The average molecular weight is 452 g/mol. The van der Waals surface area contributed by atoms with Gasteiger partial charge in [0.25, 0.3) is 0 Å². The van der Waals surface area contributed by atoms with Crippen molar-refractivity contribution in [1.29, 1.82) is 0 Å². The van der Waals surface area contributed by atoms with E-state index >= 15 is 0 Å². The topological polar surface area (TPSA) is 90.0 Å². The molecule has 0 saturated carbocycles. The quantitative estimate of drug-likeness (QED) is 0.634. The number of methoxy groups -OCH3 is 1. The highest BCUT2D eigenvalue weighted by atomic mass is 32.1. The van der Waals surface area contributed by atoms with Crippen LogP contribution in [-0.4, -0.2) is 37.2 Å². The number of hydrogen-bond acceptors (Lipinski definition) is 7. The Bertz CT molecular complexity index is 1210. The van der Waals surface area contributed by atoms with E-state index in [4.69, 9.17) is 14.2 Å². The summed E-state index contributed by atoms with van der Waals surface area (Å²) in [6.07, 6.45) is 0.142. The van der Waals surface area contributed by atoms with Crippen molar-refractivity contribution in [1.82, 2.24) is 4.98 Å². The van der Waals surface area contributed by atoms with E-state index in [-0.39, 0.29) is 25.0 Å². The Hall–Kier alpha value is -3.59. The summed E-state index contributed by atoms with van der Waals surface area (Å²) in [6.45, 7) is 2.46. The zero-order valence-electron chi connectivity index (χ0n) is 17.6. The maximum absolute atomic E-state index is 12.9. The second kappa shape index (κ2) is 8.16. The molecule has 0 radical (unpaired) electrons. The predicted octanol–water partition coefficient (Wildman–Crippen LogP) is 3.85. The first-order chi connectivity index (χ1) is 15.5. The summed E-state index contributed by atoms with van der Waals surface area (Å²) in [5.74, 6) is 1.20. The van der Waals surface area contributed by atoms with Crippen LogP contribution in [-0.2, 0) is 9.59 Å². The summed E-state index contributed by atoms with van der Waals surface area (Å²) >= 11 is 1.34. The van der Waals surface area contributed by atoms with Gasteiger partial charge in [-0.25, -0.2) is 4.98 Å². The van der Waals surface area contributed by atoms with Crippen molar-refractivity contribution in [2.24, 2.45) is 5.92 Å². The molecule has 32 heavy (non-hydrogen) atoms. The minimum Gasteiger partial charge on any atom is -0.495 e. The summed E-state index contributed by atoms with van der Waals surface area (Å²) in [4.78, 5) is 31.7. The Morgan fingerprint density at radius 2 is 2.06 bits per heavy atom. The van der Waals surface area contributed by atoms with Crippen molar-refractivity contribution in [2.45, 2.75) is 13.3 Å². The molecule has 2 amide bonds. The molecule has 1 unspecified atom stereocenters. The van der Waals surface area contributed by atoms with E-state index in [1.54, 1.807) is 12.0 Å². The highest BCUT2D eigenvalue weighted by molar-refractivity contribution is 7.14. The number of aryl methyl sites for hydroxylation is 1. The number of fused-ring (bicyclic) bond motifs is 1. The highest BCUT2D eigenvalue weighted by Crippen LogP contribution is 2.37. The van der Waals surface area contributed by atoms with Crippen molar-refractivity contribution in [3.63, 3.8) is 0 Å². The molecule has 2 aliphatic heterocycles. The zero-order valence-corrected chi connectivity index (χ0v) is 18.4. The highest BCUT2D eigenvalue weighted by Gasteiger charge is 2.36. The van der Waals surface area contributed by atoms with E-state index in [1.165, 1.54) is 11.3 Å². The number of anilines is 2. The monoisotopic (exact) mass is 451 g/mol. The number of nitrogens with zero attached hydrogens (tertiary/aromatic N) is 2. The van der Waals surface area contributed by atoms with Crippen LogP contribution in [0.25, 0.3) is 11.3 Å². The minimum absolute atomic E-state index is 0.103. The molecule has 1 N–H and O–H groups in total. The lowest BCUT2D eigenvalue weighted by Gasteiger charge is -2.20. The first-order valence-electron chi connectivity index (χ1n) is 10.1. The lowest BCUT2D eigenvalue weighted by Crippen LogP contribution is -2.28. The van der Waals surface area contributed by atoms with Crippen molar-refractivity contribution in [3.8, 4) is 28.5 Å². The minimum atomic E-state index is -0.467. The third-order valence-electron chi connectivity index (χ3n) is 5.52. The van der Waals surface area contributed by atoms with Gasteiger partial charge in [-0.05, 0) is 42.8 Å². The molecule has 2 aromatic carbocycles. The number of thiazole rings is 1. The zero-order chi connectivity index (χ0) is 22.2. The van der Waals surface area contributed by atoms with Gasteiger partial charge in [-0.15, -0.1) is 11.3 Å².